The lowest BCUT2D eigenvalue weighted by atomic mass is 10.2. The Balaban J connectivity index is 2.31. The summed E-state index contributed by atoms with van der Waals surface area (Å²) in [5, 5.41) is 6.08. The normalized spacial score (nSPS) is 10.1. The molecular weight excluding hydrogens is 244 g/mol. The maximum atomic E-state index is 10.7. The Hall–Kier alpha value is -1.75. The van der Waals surface area contributed by atoms with Crippen LogP contribution in [0.4, 0.5) is 0 Å². The molecule has 5 nitrogen and oxygen atoms in total. The number of ether oxygens (including phenoxy) is 2. The lowest BCUT2D eigenvalue weighted by Crippen LogP contribution is -2.24. The van der Waals surface area contributed by atoms with Crippen molar-refractivity contribution < 1.29 is 14.3 Å². The molecule has 0 fully saturated rings. The largest absolute Gasteiger partial charge is 0.493 e. The molecule has 0 heterocycles. The number of carbonyl (C=O) groups excluding carboxylic acids is 1. The van der Waals surface area contributed by atoms with E-state index in [9.17, 15) is 4.79 Å². The molecule has 0 spiro atoms. The first kappa shape index (κ1) is 15.3. The van der Waals surface area contributed by atoms with Gasteiger partial charge in [-0.1, -0.05) is 6.07 Å². The summed E-state index contributed by atoms with van der Waals surface area (Å²) in [5.74, 6) is 1.48. The van der Waals surface area contributed by atoms with Crippen LogP contribution < -0.4 is 20.1 Å². The Morgan fingerprint density at radius 3 is 2.53 bits per heavy atom. The van der Waals surface area contributed by atoms with Crippen molar-refractivity contribution in [1.29, 1.82) is 0 Å². The molecule has 0 unspecified atom stereocenters. The highest BCUT2D eigenvalue weighted by Gasteiger charge is 2.03. The van der Waals surface area contributed by atoms with Crippen LogP contribution in [0.3, 0.4) is 0 Å². The maximum Gasteiger partial charge on any atom is 0.216 e. The van der Waals surface area contributed by atoms with Crippen molar-refractivity contribution in [2.24, 2.45) is 0 Å². The first-order valence-corrected chi connectivity index (χ1v) is 6.33. The van der Waals surface area contributed by atoms with Crippen molar-refractivity contribution >= 4 is 5.91 Å². The fourth-order valence-electron chi connectivity index (χ4n) is 1.70. The van der Waals surface area contributed by atoms with E-state index in [-0.39, 0.29) is 5.91 Å². The number of hydrogen-bond donors (Lipinski definition) is 2. The minimum atomic E-state index is 0.0138. The van der Waals surface area contributed by atoms with Gasteiger partial charge < -0.3 is 20.1 Å². The van der Waals surface area contributed by atoms with E-state index in [1.165, 1.54) is 6.92 Å². The predicted molar refractivity (Wildman–Crippen MR) is 74.6 cm³/mol. The van der Waals surface area contributed by atoms with Gasteiger partial charge in [0.1, 0.15) is 0 Å². The molecule has 0 saturated heterocycles. The summed E-state index contributed by atoms with van der Waals surface area (Å²) in [6.07, 6.45) is 0.910. The number of rotatable bonds is 8. The molecule has 0 aliphatic rings. The van der Waals surface area contributed by atoms with Crippen LogP contribution in [0.1, 0.15) is 18.9 Å². The lowest BCUT2D eigenvalue weighted by Gasteiger charge is -2.10. The predicted octanol–water partition coefficient (Wildman–Crippen LogP) is 1.32. The van der Waals surface area contributed by atoms with E-state index < -0.39 is 0 Å². The molecule has 0 bridgehead atoms. The van der Waals surface area contributed by atoms with Crippen molar-refractivity contribution in [3.63, 3.8) is 0 Å². The molecule has 0 aliphatic carbocycles. The van der Waals surface area contributed by atoms with Gasteiger partial charge >= 0.3 is 0 Å². The molecule has 0 atom stereocenters. The van der Waals surface area contributed by atoms with Gasteiger partial charge in [-0.05, 0) is 30.7 Å². The minimum absolute atomic E-state index is 0.0138. The van der Waals surface area contributed by atoms with Gasteiger partial charge in [-0.25, -0.2) is 0 Å². The zero-order valence-corrected chi connectivity index (χ0v) is 11.8. The number of carbonyl (C=O) groups is 1. The van der Waals surface area contributed by atoms with Gasteiger partial charge in [0.2, 0.25) is 5.91 Å². The molecule has 0 aliphatic heterocycles. The van der Waals surface area contributed by atoms with Crippen LogP contribution in [0, 0.1) is 0 Å². The fraction of sp³-hybridized carbons (Fsp3) is 0.500. The van der Waals surface area contributed by atoms with Crippen LogP contribution in [0.15, 0.2) is 18.2 Å². The van der Waals surface area contributed by atoms with E-state index in [1.54, 1.807) is 14.2 Å². The summed E-state index contributed by atoms with van der Waals surface area (Å²) in [5.41, 5.74) is 1.14. The average Bonchev–Trinajstić information content (AvgIpc) is 2.42. The molecule has 106 valence electrons. The smallest absolute Gasteiger partial charge is 0.216 e. The number of nitrogens with one attached hydrogen (secondary N) is 2. The Kier molecular flexibility index (Phi) is 6.74. The first-order valence-electron chi connectivity index (χ1n) is 6.33. The van der Waals surface area contributed by atoms with Gasteiger partial charge in [0.15, 0.2) is 11.5 Å². The fourth-order valence-corrected chi connectivity index (χ4v) is 1.70. The van der Waals surface area contributed by atoms with Crippen LogP contribution >= 0.6 is 0 Å². The second-order valence-electron chi connectivity index (χ2n) is 4.20. The van der Waals surface area contributed by atoms with Gasteiger partial charge in [0, 0.05) is 20.0 Å². The van der Waals surface area contributed by atoms with Crippen molar-refractivity contribution in [2.75, 3.05) is 27.3 Å². The number of amides is 1. The SMILES string of the molecule is COc1ccc(CNCCCNC(C)=O)cc1OC. The summed E-state index contributed by atoms with van der Waals surface area (Å²) in [7, 11) is 3.25. The van der Waals surface area contributed by atoms with E-state index in [2.05, 4.69) is 10.6 Å². The van der Waals surface area contributed by atoms with E-state index in [1.807, 2.05) is 18.2 Å². The zero-order valence-electron chi connectivity index (χ0n) is 11.8. The van der Waals surface area contributed by atoms with Gasteiger partial charge in [-0.3, -0.25) is 4.79 Å². The van der Waals surface area contributed by atoms with Crippen LogP contribution in [-0.4, -0.2) is 33.2 Å². The van der Waals surface area contributed by atoms with Gasteiger partial charge in [0.25, 0.3) is 0 Å². The molecule has 1 aromatic rings. The highest BCUT2D eigenvalue weighted by Crippen LogP contribution is 2.27. The van der Waals surface area contributed by atoms with Crippen LogP contribution in [0.5, 0.6) is 11.5 Å². The van der Waals surface area contributed by atoms with Crippen LogP contribution in [0.2, 0.25) is 0 Å². The van der Waals surface area contributed by atoms with E-state index in [4.69, 9.17) is 9.47 Å². The molecule has 0 saturated carbocycles. The highest BCUT2D eigenvalue weighted by molar-refractivity contribution is 5.72. The molecule has 1 amide bonds. The van der Waals surface area contributed by atoms with E-state index in [0.29, 0.717) is 6.54 Å². The minimum Gasteiger partial charge on any atom is -0.493 e. The van der Waals surface area contributed by atoms with Gasteiger partial charge in [-0.15, -0.1) is 0 Å². The molecule has 0 aromatic heterocycles. The Labute approximate surface area is 114 Å². The summed E-state index contributed by atoms with van der Waals surface area (Å²) >= 11 is 0. The molecule has 1 aromatic carbocycles. The molecular formula is C14H22N2O3. The van der Waals surface area contributed by atoms with Crippen molar-refractivity contribution in [3.05, 3.63) is 23.8 Å². The Morgan fingerprint density at radius 2 is 1.89 bits per heavy atom. The Bertz CT molecular complexity index is 408. The Morgan fingerprint density at radius 1 is 1.16 bits per heavy atom. The number of hydrogen-bond acceptors (Lipinski definition) is 4. The zero-order chi connectivity index (χ0) is 14.1. The summed E-state index contributed by atoms with van der Waals surface area (Å²) < 4.78 is 10.4. The van der Waals surface area contributed by atoms with E-state index >= 15 is 0 Å². The monoisotopic (exact) mass is 266 g/mol. The molecule has 2 N–H and O–H groups in total. The first-order chi connectivity index (χ1) is 9.17. The van der Waals surface area contributed by atoms with Crippen molar-refractivity contribution in [3.8, 4) is 11.5 Å². The maximum absolute atomic E-state index is 10.7. The quantitative estimate of drug-likeness (QED) is 0.697. The summed E-state index contributed by atoms with van der Waals surface area (Å²) in [4.78, 5) is 10.7. The number of benzene rings is 1. The topological polar surface area (TPSA) is 59.6 Å². The third-order valence-electron chi connectivity index (χ3n) is 2.68. The van der Waals surface area contributed by atoms with Gasteiger partial charge in [0.05, 0.1) is 14.2 Å². The third-order valence-corrected chi connectivity index (χ3v) is 2.68. The van der Waals surface area contributed by atoms with Gasteiger partial charge in [-0.2, -0.15) is 0 Å². The molecule has 1 rings (SSSR count). The highest BCUT2D eigenvalue weighted by atomic mass is 16.5. The standard InChI is InChI=1S/C14H22N2O3/c1-11(17)16-8-4-7-15-10-12-5-6-13(18-2)14(9-12)19-3/h5-6,9,15H,4,7-8,10H2,1-3H3,(H,16,17). The van der Waals surface area contributed by atoms with Crippen LogP contribution in [-0.2, 0) is 11.3 Å². The molecule has 5 heteroatoms. The van der Waals surface area contributed by atoms with Crippen molar-refractivity contribution in [1.82, 2.24) is 10.6 Å². The van der Waals surface area contributed by atoms with Crippen LogP contribution in [0.25, 0.3) is 0 Å². The number of methoxy groups -OCH3 is 2. The lowest BCUT2D eigenvalue weighted by molar-refractivity contribution is -0.118. The molecule has 19 heavy (non-hydrogen) atoms. The summed E-state index contributed by atoms with van der Waals surface area (Å²) in [6.45, 7) is 3.85. The molecule has 0 radical (unpaired) electrons. The van der Waals surface area contributed by atoms with Crippen molar-refractivity contribution in [2.45, 2.75) is 19.9 Å². The third kappa shape index (κ3) is 5.61. The second kappa shape index (κ2) is 8.37. The average molecular weight is 266 g/mol. The van der Waals surface area contributed by atoms with E-state index in [0.717, 1.165) is 36.6 Å². The summed E-state index contributed by atoms with van der Waals surface area (Å²) in [6, 6.07) is 5.86. The second-order valence-corrected chi connectivity index (χ2v) is 4.20.